The highest BCUT2D eigenvalue weighted by molar-refractivity contribution is 5.99. The normalized spacial score (nSPS) is 21.8. The average Bonchev–Trinajstić information content (AvgIpc) is 2.78. The molecule has 1 unspecified atom stereocenters. The number of rotatable bonds is 4. The first kappa shape index (κ1) is 24.2. The van der Waals surface area contributed by atoms with Gasteiger partial charge in [0.1, 0.15) is 11.8 Å². The molecule has 0 aromatic heterocycles. The van der Waals surface area contributed by atoms with E-state index in [0.29, 0.717) is 18.8 Å². The van der Waals surface area contributed by atoms with E-state index in [1.165, 1.54) is 20.2 Å². The Morgan fingerprint density at radius 1 is 1.32 bits per heavy atom. The fraction of sp³-hybridized carbons (Fsp3) is 0.360. The largest absolute Gasteiger partial charge is 0.493 e. The Morgan fingerprint density at radius 3 is 2.81 bits per heavy atom. The molecule has 6 nitrogen and oxygen atoms in total. The van der Waals surface area contributed by atoms with Gasteiger partial charge in [-0.2, -0.15) is 0 Å². The number of nitrogens with one attached hydrogen (secondary N) is 1. The predicted octanol–water partition coefficient (Wildman–Crippen LogP) is 3.96. The molecular formula is C25H32N2O4. The zero-order valence-corrected chi connectivity index (χ0v) is 18.6. The quantitative estimate of drug-likeness (QED) is 0.743. The molecule has 31 heavy (non-hydrogen) atoms. The van der Waals surface area contributed by atoms with Crippen LogP contribution in [-0.2, 0) is 25.6 Å². The summed E-state index contributed by atoms with van der Waals surface area (Å²) in [6.45, 7) is 6.12. The Balaban J connectivity index is 2.49. The number of allylic oxidation sites excluding steroid dienone is 3. The number of hydroxylamine groups is 2. The highest BCUT2D eigenvalue weighted by Crippen LogP contribution is 2.17. The maximum Gasteiger partial charge on any atom is 0.268 e. The topological polar surface area (TPSA) is 67.9 Å². The van der Waals surface area contributed by atoms with Crippen LogP contribution in [0.15, 0.2) is 66.5 Å². The van der Waals surface area contributed by atoms with Gasteiger partial charge in [-0.1, -0.05) is 55.1 Å². The lowest BCUT2D eigenvalue weighted by Crippen LogP contribution is -2.48. The summed E-state index contributed by atoms with van der Waals surface area (Å²) in [5.74, 6) is -0.336. The molecule has 1 aromatic rings. The van der Waals surface area contributed by atoms with E-state index in [9.17, 15) is 9.59 Å². The molecule has 0 fully saturated rings. The van der Waals surface area contributed by atoms with Crippen LogP contribution < -0.4 is 5.32 Å². The highest BCUT2D eigenvalue weighted by Gasteiger charge is 2.27. The molecule has 1 heterocycles. The standard InChI is InChI=1S/C25H32N2O4/c1-5-13-23-21(6-2)24(28)26-22(25(29)27(3)30-4)18-20-16-11-10-15-19(20)14-9-7-8-12-17-31-23/h5-6,9-11,13-16,22H,2,7-8,12,17-18H2,1,3-4H3,(H,26,28)/b13-5-,14-9+,23-21-. The van der Waals surface area contributed by atoms with Gasteiger partial charge >= 0.3 is 0 Å². The number of benzene rings is 1. The van der Waals surface area contributed by atoms with Crippen LogP contribution in [0.25, 0.3) is 6.08 Å². The van der Waals surface area contributed by atoms with E-state index < -0.39 is 11.9 Å². The molecule has 0 spiro atoms. The number of nitrogens with zero attached hydrogens (tertiary/aromatic N) is 1. The van der Waals surface area contributed by atoms with Crippen LogP contribution in [0.2, 0.25) is 0 Å². The number of carbonyl (C=O) groups is 2. The number of fused-ring (bicyclic) bond motifs is 1. The van der Waals surface area contributed by atoms with E-state index in [4.69, 9.17) is 9.57 Å². The van der Waals surface area contributed by atoms with E-state index in [-0.39, 0.29) is 11.5 Å². The lowest BCUT2D eigenvalue weighted by Gasteiger charge is -2.24. The molecule has 0 bridgehead atoms. The van der Waals surface area contributed by atoms with Crippen LogP contribution in [-0.4, -0.2) is 43.7 Å². The van der Waals surface area contributed by atoms with Crippen molar-refractivity contribution in [2.24, 2.45) is 0 Å². The third kappa shape index (κ3) is 6.96. The highest BCUT2D eigenvalue weighted by atomic mass is 16.7. The molecule has 2 rings (SSSR count). The first-order valence-electron chi connectivity index (χ1n) is 10.5. The maximum absolute atomic E-state index is 13.1. The van der Waals surface area contributed by atoms with Gasteiger partial charge in [-0.05, 0) is 43.4 Å². The lowest BCUT2D eigenvalue weighted by atomic mass is 9.98. The Morgan fingerprint density at radius 2 is 2.10 bits per heavy atom. The van der Waals surface area contributed by atoms with Crippen molar-refractivity contribution in [3.63, 3.8) is 0 Å². The van der Waals surface area contributed by atoms with E-state index >= 15 is 0 Å². The monoisotopic (exact) mass is 424 g/mol. The van der Waals surface area contributed by atoms with Crippen LogP contribution in [0.4, 0.5) is 0 Å². The Kier molecular flexibility index (Phi) is 9.78. The molecule has 1 aromatic carbocycles. The average molecular weight is 425 g/mol. The fourth-order valence-corrected chi connectivity index (χ4v) is 3.28. The van der Waals surface area contributed by atoms with E-state index in [1.807, 2.05) is 31.2 Å². The second-order valence-corrected chi connectivity index (χ2v) is 7.18. The Bertz CT molecular complexity index is 870. The van der Waals surface area contributed by atoms with Gasteiger partial charge in [0.2, 0.25) is 0 Å². The van der Waals surface area contributed by atoms with Crippen molar-refractivity contribution in [2.75, 3.05) is 20.8 Å². The molecular weight excluding hydrogens is 392 g/mol. The molecule has 166 valence electrons. The number of carbonyl (C=O) groups excluding carboxylic acids is 2. The Hall–Kier alpha value is -3.12. The number of ether oxygens (including phenoxy) is 1. The molecule has 1 N–H and O–H groups in total. The van der Waals surface area contributed by atoms with E-state index in [2.05, 4.69) is 24.0 Å². The second kappa shape index (κ2) is 12.5. The van der Waals surface area contributed by atoms with Crippen molar-refractivity contribution in [3.05, 3.63) is 77.6 Å². The summed E-state index contributed by atoms with van der Waals surface area (Å²) in [6, 6.07) is 7.05. The van der Waals surface area contributed by atoms with Crippen molar-refractivity contribution in [2.45, 2.75) is 38.6 Å². The van der Waals surface area contributed by atoms with Crippen molar-refractivity contribution in [1.29, 1.82) is 0 Å². The van der Waals surface area contributed by atoms with Crippen LogP contribution in [0.3, 0.4) is 0 Å². The maximum atomic E-state index is 13.1. The molecule has 0 saturated heterocycles. The molecule has 1 aliphatic rings. The first-order chi connectivity index (χ1) is 15.0. The SMILES string of the molecule is C=C/C1=C(\C=C/C)OCCCC/C=C/c2ccccc2CC(C(=O)N(C)OC)NC1=O. The van der Waals surface area contributed by atoms with Gasteiger partial charge in [0.05, 0.1) is 19.3 Å². The summed E-state index contributed by atoms with van der Waals surface area (Å²) in [7, 11) is 2.93. The summed E-state index contributed by atoms with van der Waals surface area (Å²) in [4.78, 5) is 31.2. The minimum Gasteiger partial charge on any atom is -0.493 e. The number of hydrogen-bond donors (Lipinski definition) is 1. The van der Waals surface area contributed by atoms with Gasteiger partial charge in [-0.15, -0.1) is 0 Å². The summed E-state index contributed by atoms with van der Waals surface area (Å²) in [5.41, 5.74) is 2.28. The molecule has 0 aliphatic carbocycles. The molecule has 6 heteroatoms. The molecule has 1 aliphatic heterocycles. The van der Waals surface area contributed by atoms with Gasteiger partial charge in [0, 0.05) is 13.5 Å². The predicted molar refractivity (Wildman–Crippen MR) is 123 cm³/mol. The second-order valence-electron chi connectivity index (χ2n) is 7.18. The smallest absolute Gasteiger partial charge is 0.268 e. The fourth-order valence-electron chi connectivity index (χ4n) is 3.28. The lowest BCUT2D eigenvalue weighted by molar-refractivity contribution is -0.171. The van der Waals surface area contributed by atoms with E-state index in [1.54, 1.807) is 12.2 Å². The van der Waals surface area contributed by atoms with E-state index in [0.717, 1.165) is 35.5 Å². The van der Waals surface area contributed by atoms with Crippen LogP contribution in [0, 0.1) is 0 Å². The van der Waals surface area contributed by atoms with Gasteiger partial charge in [-0.25, -0.2) is 5.06 Å². The number of likely N-dealkylation sites (N-methyl/N-ethyl adjacent to an activating group) is 1. The summed E-state index contributed by atoms with van der Waals surface area (Å²) < 4.78 is 5.88. The summed E-state index contributed by atoms with van der Waals surface area (Å²) in [6.07, 6.45) is 12.3. The molecule has 1 atom stereocenters. The van der Waals surface area contributed by atoms with Gasteiger partial charge in [0.15, 0.2) is 0 Å². The third-order valence-electron chi connectivity index (χ3n) is 5.02. The van der Waals surface area contributed by atoms with Gasteiger partial charge in [0.25, 0.3) is 11.8 Å². The van der Waals surface area contributed by atoms with Crippen molar-refractivity contribution in [1.82, 2.24) is 10.4 Å². The van der Waals surface area contributed by atoms with Gasteiger partial charge < -0.3 is 10.1 Å². The minimum atomic E-state index is -0.820. The number of hydrogen-bond acceptors (Lipinski definition) is 4. The van der Waals surface area contributed by atoms with Gasteiger partial charge in [-0.3, -0.25) is 14.4 Å². The molecule has 2 amide bonds. The first-order valence-corrected chi connectivity index (χ1v) is 10.5. The third-order valence-corrected chi connectivity index (χ3v) is 5.02. The zero-order valence-electron chi connectivity index (χ0n) is 18.6. The molecule has 0 radical (unpaired) electrons. The van der Waals surface area contributed by atoms with Crippen LogP contribution in [0.5, 0.6) is 0 Å². The minimum absolute atomic E-state index is 0.289. The summed E-state index contributed by atoms with van der Waals surface area (Å²) >= 11 is 0. The van der Waals surface area contributed by atoms with Crippen molar-refractivity contribution < 1.29 is 19.2 Å². The van der Waals surface area contributed by atoms with Crippen molar-refractivity contribution in [3.8, 4) is 0 Å². The Labute approximate surface area is 184 Å². The zero-order chi connectivity index (χ0) is 22.6. The molecule has 0 saturated carbocycles. The summed E-state index contributed by atoms with van der Waals surface area (Å²) in [5, 5.41) is 3.98. The number of amides is 2. The van der Waals surface area contributed by atoms with Crippen LogP contribution in [0.1, 0.15) is 37.3 Å². The van der Waals surface area contributed by atoms with Crippen LogP contribution >= 0.6 is 0 Å². The van der Waals surface area contributed by atoms with Crippen molar-refractivity contribution >= 4 is 17.9 Å².